The van der Waals surface area contributed by atoms with Crippen molar-refractivity contribution < 1.29 is 0 Å². The lowest BCUT2D eigenvalue weighted by Crippen LogP contribution is -1.94. The number of hydrogen-bond acceptors (Lipinski definition) is 3. The third-order valence-electron chi connectivity index (χ3n) is 1.43. The molecule has 56 valence electrons. The van der Waals surface area contributed by atoms with Gasteiger partial charge in [0, 0.05) is 12.4 Å². The maximum Gasteiger partial charge on any atom is 0.150 e. The van der Waals surface area contributed by atoms with Crippen LogP contribution in [-0.2, 0) is 0 Å². The van der Waals surface area contributed by atoms with E-state index in [1.807, 2.05) is 10.6 Å². The molecule has 0 spiro atoms. The van der Waals surface area contributed by atoms with Crippen LogP contribution in [0.4, 0.5) is 5.82 Å². The first-order chi connectivity index (χ1) is 5.29. The molecule has 4 nitrogen and oxygen atoms in total. The van der Waals surface area contributed by atoms with Gasteiger partial charge < -0.3 is 10.1 Å². The number of anilines is 1. The molecule has 2 aromatic rings. The van der Waals surface area contributed by atoms with Crippen molar-refractivity contribution >= 4 is 33.9 Å². The van der Waals surface area contributed by atoms with Gasteiger partial charge in [-0.3, -0.25) is 0 Å². The summed E-state index contributed by atoms with van der Waals surface area (Å²) >= 11 is 2.13. The molecule has 2 heterocycles. The number of nitrogens with zero attached hydrogens (tertiary/aromatic N) is 3. The summed E-state index contributed by atoms with van der Waals surface area (Å²) in [5.41, 5.74) is 6.51. The zero-order valence-corrected chi connectivity index (χ0v) is 7.69. The van der Waals surface area contributed by atoms with Gasteiger partial charge in [-0.1, -0.05) is 0 Å². The molecule has 0 aliphatic rings. The monoisotopic (exact) mass is 260 g/mol. The quantitative estimate of drug-likeness (QED) is 0.716. The Labute approximate surface area is 76.6 Å². The van der Waals surface area contributed by atoms with Gasteiger partial charge in [-0.25, -0.2) is 9.97 Å². The number of hydrogen-bond donors (Lipinski definition) is 1. The number of aromatic nitrogens is 3. The Morgan fingerprint density at radius 3 is 3.00 bits per heavy atom. The molecule has 2 aromatic heterocycles. The Hall–Kier alpha value is -0.850. The molecule has 0 atom stereocenters. The largest absolute Gasteiger partial charge is 0.382 e. The summed E-state index contributed by atoms with van der Waals surface area (Å²) in [4.78, 5) is 8.04. The van der Waals surface area contributed by atoms with Crippen LogP contribution in [0.3, 0.4) is 0 Å². The molecule has 11 heavy (non-hydrogen) atoms. The van der Waals surface area contributed by atoms with E-state index in [0.29, 0.717) is 5.82 Å². The molecule has 0 radical (unpaired) electrons. The van der Waals surface area contributed by atoms with Crippen LogP contribution in [0.1, 0.15) is 0 Å². The molecule has 0 aliphatic carbocycles. The maximum absolute atomic E-state index is 5.62. The van der Waals surface area contributed by atoms with Crippen LogP contribution >= 0.6 is 22.6 Å². The van der Waals surface area contributed by atoms with Gasteiger partial charge in [0.2, 0.25) is 0 Å². The zero-order valence-electron chi connectivity index (χ0n) is 5.53. The van der Waals surface area contributed by atoms with Crippen LogP contribution in [0.5, 0.6) is 0 Å². The highest BCUT2D eigenvalue weighted by Gasteiger charge is 2.03. The predicted molar refractivity (Wildman–Crippen MR) is 50.1 cm³/mol. The molecule has 0 aromatic carbocycles. The zero-order chi connectivity index (χ0) is 7.84. The van der Waals surface area contributed by atoms with E-state index < -0.39 is 0 Å². The molecule has 2 rings (SSSR count). The Morgan fingerprint density at radius 2 is 2.27 bits per heavy atom. The Kier molecular flexibility index (Phi) is 1.45. The maximum atomic E-state index is 5.62. The number of nitrogen functional groups attached to an aromatic ring is 1. The number of rotatable bonds is 0. The molecule has 0 fully saturated rings. The van der Waals surface area contributed by atoms with Crippen LogP contribution in [0.15, 0.2) is 18.7 Å². The second-order valence-electron chi connectivity index (χ2n) is 2.10. The first-order valence-corrected chi connectivity index (χ1v) is 4.09. The minimum Gasteiger partial charge on any atom is -0.382 e. The van der Waals surface area contributed by atoms with Gasteiger partial charge in [-0.2, -0.15) is 0 Å². The van der Waals surface area contributed by atoms with Gasteiger partial charge in [-0.15, -0.1) is 0 Å². The molecule has 5 heteroatoms. The van der Waals surface area contributed by atoms with E-state index in [2.05, 4.69) is 32.6 Å². The van der Waals surface area contributed by atoms with Crippen molar-refractivity contribution in [2.24, 2.45) is 0 Å². The highest BCUT2D eigenvalue weighted by Crippen LogP contribution is 2.15. The van der Waals surface area contributed by atoms with Gasteiger partial charge >= 0.3 is 0 Å². The lowest BCUT2D eigenvalue weighted by Gasteiger charge is -1.95. The van der Waals surface area contributed by atoms with Crippen LogP contribution in [0.2, 0.25) is 0 Å². The average molecular weight is 260 g/mol. The molecule has 0 amide bonds. The second kappa shape index (κ2) is 2.33. The predicted octanol–water partition coefficient (Wildman–Crippen LogP) is 0.916. The summed E-state index contributed by atoms with van der Waals surface area (Å²) in [5.74, 6) is 0.523. The van der Waals surface area contributed by atoms with E-state index in [-0.39, 0.29) is 0 Å². The smallest absolute Gasteiger partial charge is 0.150 e. The van der Waals surface area contributed by atoms with Crippen LogP contribution < -0.4 is 5.73 Å². The van der Waals surface area contributed by atoms with E-state index in [4.69, 9.17) is 5.73 Å². The highest BCUT2D eigenvalue weighted by atomic mass is 127. The standard InChI is InChI=1S/C6H5IN4/c7-5-4-6(8)9-1-2-11(4)3-10-5/h1-3H,(H2,8,9). The van der Waals surface area contributed by atoms with E-state index in [1.165, 1.54) is 0 Å². The molecule has 0 saturated carbocycles. The minimum absolute atomic E-state index is 0.523. The summed E-state index contributed by atoms with van der Waals surface area (Å²) in [7, 11) is 0. The molecule has 0 bridgehead atoms. The lowest BCUT2D eigenvalue weighted by atomic mass is 10.5. The molecule has 0 saturated heterocycles. The normalized spacial score (nSPS) is 10.6. The van der Waals surface area contributed by atoms with E-state index in [1.54, 1.807) is 12.5 Å². The number of halogens is 1. The van der Waals surface area contributed by atoms with Crippen molar-refractivity contribution in [1.29, 1.82) is 0 Å². The van der Waals surface area contributed by atoms with Crippen molar-refractivity contribution in [2.45, 2.75) is 0 Å². The van der Waals surface area contributed by atoms with Gasteiger partial charge in [0.05, 0.1) is 0 Å². The molecular formula is C6H5IN4. The van der Waals surface area contributed by atoms with Crippen LogP contribution in [-0.4, -0.2) is 14.4 Å². The lowest BCUT2D eigenvalue weighted by molar-refractivity contribution is 1.12. The topological polar surface area (TPSA) is 56.2 Å². The average Bonchev–Trinajstić information content (AvgIpc) is 2.34. The van der Waals surface area contributed by atoms with Gasteiger partial charge in [0.1, 0.15) is 15.5 Å². The first kappa shape index (κ1) is 6.84. The number of imidazole rings is 1. The number of nitrogens with two attached hydrogens (primary N) is 1. The third-order valence-corrected chi connectivity index (χ3v) is 2.22. The summed E-state index contributed by atoms with van der Waals surface area (Å²) < 4.78 is 2.73. The fourth-order valence-electron chi connectivity index (χ4n) is 0.936. The summed E-state index contributed by atoms with van der Waals surface area (Å²) in [6.07, 6.45) is 5.19. The van der Waals surface area contributed by atoms with E-state index in [9.17, 15) is 0 Å². The fourth-order valence-corrected chi connectivity index (χ4v) is 1.62. The van der Waals surface area contributed by atoms with Crippen molar-refractivity contribution in [1.82, 2.24) is 14.4 Å². The van der Waals surface area contributed by atoms with Gasteiger partial charge in [0.15, 0.2) is 5.82 Å². The Bertz CT molecular complexity index is 394. The van der Waals surface area contributed by atoms with Crippen molar-refractivity contribution in [3.8, 4) is 0 Å². The summed E-state index contributed by atoms with van der Waals surface area (Å²) in [6, 6.07) is 0. The first-order valence-electron chi connectivity index (χ1n) is 3.01. The minimum atomic E-state index is 0.523. The van der Waals surface area contributed by atoms with Crippen molar-refractivity contribution in [2.75, 3.05) is 5.73 Å². The van der Waals surface area contributed by atoms with Crippen LogP contribution in [0, 0.1) is 3.70 Å². The van der Waals surface area contributed by atoms with Crippen molar-refractivity contribution in [3.63, 3.8) is 0 Å². The molecule has 2 N–H and O–H groups in total. The Morgan fingerprint density at radius 1 is 1.45 bits per heavy atom. The third kappa shape index (κ3) is 0.953. The van der Waals surface area contributed by atoms with Gasteiger partial charge in [-0.05, 0) is 22.6 Å². The second-order valence-corrected chi connectivity index (χ2v) is 3.13. The van der Waals surface area contributed by atoms with Crippen molar-refractivity contribution in [3.05, 3.63) is 22.4 Å². The van der Waals surface area contributed by atoms with E-state index in [0.717, 1.165) is 9.22 Å². The summed E-state index contributed by atoms with van der Waals surface area (Å²) in [6.45, 7) is 0. The molecule has 0 unspecified atom stereocenters. The van der Waals surface area contributed by atoms with Gasteiger partial charge in [0.25, 0.3) is 0 Å². The summed E-state index contributed by atoms with van der Waals surface area (Å²) in [5, 5.41) is 0. The Balaban J connectivity index is 2.96. The van der Waals surface area contributed by atoms with Crippen LogP contribution in [0.25, 0.3) is 5.52 Å². The number of fused-ring (bicyclic) bond motifs is 1. The van der Waals surface area contributed by atoms with E-state index >= 15 is 0 Å². The highest BCUT2D eigenvalue weighted by molar-refractivity contribution is 14.1. The fraction of sp³-hybridized carbons (Fsp3) is 0. The molecule has 0 aliphatic heterocycles. The SMILES string of the molecule is Nc1nccn2cnc(I)c12. The molecular weight excluding hydrogens is 255 g/mol.